The minimum absolute atomic E-state index is 0.0311. The molecule has 0 aliphatic carbocycles. The average Bonchev–Trinajstić information content (AvgIpc) is 3.00. The van der Waals surface area contributed by atoms with E-state index in [1.54, 1.807) is 53.6 Å². The second-order valence-corrected chi connectivity index (χ2v) is 10.9. The lowest BCUT2D eigenvalue weighted by Crippen LogP contribution is -2.46. The van der Waals surface area contributed by atoms with Gasteiger partial charge in [-0.15, -0.1) is 0 Å². The Balaban J connectivity index is 1.30. The first-order valence-electron chi connectivity index (χ1n) is 14.5. The van der Waals surface area contributed by atoms with Crippen LogP contribution in [0.3, 0.4) is 0 Å². The van der Waals surface area contributed by atoms with Crippen LogP contribution in [0.4, 0.5) is 35.0 Å². The molecule has 230 valence electrons. The zero-order valence-electron chi connectivity index (χ0n) is 24.7. The van der Waals surface area contributed by atoms with Crippen molar-refractivity contribution >= 4 is 40.0 Å². The van der Waals surface area contributed by atoms with Gasteiger partial charge in [0.25, 0.3) is 5.91 Å². The fourth-order valence-corrected chi connectivity index (χ4v) is 5.16. The second-order valence-electron chi connectivity index (χ2n) is 10.9. The van der Waals surface area contributed by atoms with E-state index in [9.17, 15) is 22.8 Å². The van der Waals surface area contributed by atoms with E-state index < -0.39 is 17.8 Å². The van der Waals surface area contributed by atoms with Crippen LogP contribution in [-0.2, 0) is 6.18 Å². The Morgan fingerprint density at radius 1 is 0.932 bits per heavy atom. The Labute approximate surface area is 253 Å². The topological polar surface area (TPSA) is 102 Å². The Kier molecular flexibility index (Phi) is 9.00. The molecular weight excluding hydrogens is 571 g/mol. The van der Waals surface area contributed by atoms with Gasteiger partial charge in [-0.05, 0) is 68.9 Å². The summed E-state index contributed by atoms with van der Waals surface area (Å²) in [5.74, 6) is -0.261. The van der Waals surface area contributed by atoms with Crippen LogP contribution < -0.4 is 20.9 Å². The first kappa shape index (κ1) is 30.7. The monoisotopic (exact) mass is 605 g/mol. The van der Waals surface area contributed by atoms with Gasteiger partial charge in [0.2, 0.25) is 0 Å². The van der Waals surface area contributed by atoms with E-state index in [0.717, 1.165) is 12.6 Å². The summed E-state index contributed by atoms with van der Waals surface area (Å²) in [6, 6.07) is 15.1. The maximum Gasteiger partial charge on any atom is 0.418 e. The smallest absolute Gasteiger partial charge is 0.368 e. The van der Waals surface area contributed by atoms with Gasteiger partial charge in [0, 0.05) is 61.0 Å². The minimum Gasteiger partial charge on any atom is -0.368 e. The third kappa shape index (κ3) is 7.08. The van der Waals surface area contributed by atoms with Gasteiger partial charge in [0.15, 0.2) is 0 Å². The summed E-state index contributed by atoms with van der Waals surface area (Å²) in [5.41, 5.74) is 2.47. The lowest BCUT2D eigenvalue weighted by atomic mass is 10.1. The number of carbonyl (C=O) groups excluding carboxylic acids is 2. The predicted octanol–water partition coefficient (Wildman–Crippen LogP) is 6.24. The molecule has 0 bridgehead atoms. The summed E-state index contributed by atoms with van der Waals surface area (Å²) in [5, 5.41) is 8.05. The van der Waals surface area contributed by atoms with E-state index in [4.69, 9.17) is 0 Å². The SMILES string of the molecule is CCN1CCN(c2ccc(NC(=O)Nc3ccc(-c4cc(C(=O)NC(C)C)c5ncccc5n4)cc3)cc2C(F)(F)F)CC1. The molecule has 44 heavy (non-hydrogen) atoms. The fourth-order valence-electron chi connectivity index (χ4n) is 5.16. The van der Waals surface area contributed by atoms with Crippen molar-refractivity contribution in [3.05, 3.63) is 78.0 Å². The Morgan fingerprint density at radius 2 is 1.61 bits per heavy atom. The van der Waals surface area contributed by atoms with Gasteiger partial charge in [-0.3, -0.25) is 9.78 Å². The van der Waals surface area contributed by atoms with Crippen molar-refractivity contribution in [1.82, 2.24) is 20.2 Å². The number of fused-ring (bicyclic) bond motifs is 1. The largest absolute Gasteiger partial charge is 0.418 e. The number of hydrogen-bond donors (Lipinski definition) is 3. The first-order chi connectivity index (χ1) is 21.0. The fraction of sp³-hybridized carbons (Fsp3) is 0.312. The van der Waals surface area contributed by atoms with Crippen molar-refractivity contribution in [2.45, 2.75) is 33.0 Å². The van der Waals surface area contributed by atoms with Crippen LogP contribution >= 0.6 is 0 Å². The number of nitrogens with one attached hydrogen (secondary N) is 3. The average molecular weight is 606 g/mol. The molecule has 2 aromatic heterocycles. The van der Waals surface area contributed by atoms with E-state index in [-0.39, 0.29) is 23.3 Å². The summed E-state index contributed by atoms with van der Waals surface area (Å²) >= 11 is 0. The highest BCUT2D eigenvalue weighted by Gasteiger charge is 2.36. The number of benzene rings is 2. The van der Waals surface area contributed by atoms with Crippen molar-refractivity contribution in [2.24, 2.45) is 0 Å². The molecule has 1 aliphatic rings. The summed E-state index contributed by atoms with van der Waals surface area (Å²) < 4.78 is 42.0. The molecule has 0 atom stereocenters. The van der Waals surface area contributed by atoms with Crippen LogP contribution in [0.2, 0.25) is 0 Å². The first-order valence-corrected chi connectivity index (χ1v) is 14.5. The quantitative estimate of drug-likeness (QED) is 0.231. The maximum atomic E-state index is 14.0. The van der Waals surface area contributed by atoms with Gasteiger partial charge in [0.05, 0.1) is 22.3 Å². The van der Waals surface area contributed by atoms with Crippen LogP contribution in [-0.4, -0.2) is 65.6 Å². The number of piperazine rings is 1. The van der Waals surface area contributed by atoms with Crippen LogP contribution in [0.1, 0.15) is 36.7 Å². The zero-order valence-corrected chi connectivity index (χ0v) is 24.7. The number of urea groups is 1. The highest BCUT2D eigenvalue weighted by atomic mass is 19.4. The van der Waals surface area contributed by atoms with Crippen LogP contribution in [0.5, 0.6) is 0 Å². The molecule has 1 aliphatic heterocycles. The molecule has 0 spiro atoms. The minimum atomic E-state index is -4.58. The number of likely N-dealkylation sites (N-methyl/N-ethyl adjacent to an activating group) is 1. The Bertz CT molecular complexity index is 1650. The van der Waals surface area contributed by atoms with Gasteiger partial charge in [0.1, 0.15) is 5.52 Å². The number of halogens is 3. The molecule has 0 unspecified atom stereocenters. The maximum absolute atomic E-state index is 14.0. The number of hydrogen-bond acceptors (Lipinski definition) is 6. The molecule has 3 heterocycles. The van der Waals surface area contributed by atoms with Crippen LogP contribution in [0.25, 0.3) is 22.3 Å². The van der Waals surface area contributed by atoms with Crippen molar-refractivity contribution in [1.29, 1.82) is 0 Å². The number of aromatic nitrogens is 2. The van der Waals surface area contributed by atoms with Gasteiger partial charge >= 0.3 is 12.2 Å². The number of rotatable bonds is 7. The van der Waals surface area contributed by atoms with Gasteiger partial charge in [-0.25, -0.2) is 9.78 Å². The summed E-state index contributed by atoms with van der Waals surface area (Å²) in [6.07, 6.45) is -2.97. The predicted molar refractivity (Wildman–Crippen MR) is 166 cm³/mol. The van der Waals surface area contributed by atoms with E-state index in [0.29, 0.717) is 59.7 Å². The Morgan fingerprint density at radius 3 is 2.27 bits per heavy atom. The van der Waals surface area contributed by atoms with Crippen LogP contribution in [0, 0.1) is 0 Å². The van der Waals surface area contributed by atoms with Gasteiger partial charge < -0.3 is 25.8 Å². The number of carbonyl (C=O) groups is 2. The molecule has 4 aromatic rings. The third-order valence-corrected chi connectivity index (χ3v) is 7.39. The van der Waals surface area contributed by atoms with Crippen molar-refractivity contribution < 1.29 is 22.8 Å². The van der Waals surface area contributed by atoms with E-state index in [1.807, 2.05) is 20.8 Å². The normalized spacial score (nSPS) is 14.1. The highest BCUT2D eigenvalue weighted by Crippen LogP contribution is 2.38. The van der Waals surface area contributed by atoms with Gasteiger partial charge in [-0.2, -0.15) is 13.2 Å². The molecule has 0 saturated carbocycles. The molecule has 3 amide bonds. The van der Waals surface area contributed by atoms with Crippen molar-refractivity contribution in [2.75, 3.05) is 48.3 Å². The summed E-state index contributed by atoms with van der Waals surface area (Å²) in [4.78, 5) is 38.5. The number of amides is 3. The Hall–Kier alpha value is -4.71. The zero-order chi connectivity index (χ0) is 31.4. The lowest BCUT2D eigenvalue weighted by molar-refractivity contribution is -0.137. The number of alkyl halides is 3. The molecule has 0 radical (unpaired) electrons. The summed E-state index contributed by atoms with van der Waals surface area (Å²) in [7, 11) is 0. The molecule has 12 heteroatoms. The second kappa shape index (κ2) is 12.9. The molecular formula is C32H34F3N7O2. The van der Waals surface area contributed by atoms with Crippen molar-refractivity contribution in [3.8, 4) is 11.3 Å². The number of nitrogens with zero attached hydrogens (tertiary/aromatic N) is 4. The van der Waals surface area contributed by atoms with Gasteiger partial charge in [-0.1, -0.05) is 19.1 Å². The van der Waals surface area contributed by atoms with Crippen molar-refractivity contribution in [3.63, 3.8) is 0 Å². The summed E-state index contributed by atoms with van der Waals surface area (Å²) in [6.45, 7) is 9.01. The standard InChI is InChI=1S/C32H34F3N7O2/c1-4-41-14-16-42(17-15-41)28-12-11-23(18-25(28)32(33,34)35)39-31(44)38-22-9-7-21(8-10-22)27-19-24(30(43)37-20(2)3)29-26(40-27)6-5-13-36-29/h5-13,18-20H,4,14-17H2,1-3H3,(H,37,43)(H2,38,39,44). The van der Waals surface area contributed by atoms with E-state index in [2.05, 4.69) is 30.8 Å². The third-order valence-electron chi connectivity index (χ3n) is 7.39. The van der Waals surface area contributed by atoms with Crippen LogP contribution in [0.15, 0.2) is 66.9 Å². The number of pyridine rings is 2. The molecule has 2 aromatic carbocycles. The number of anilines is 3. The lowest BCUT2D eigenvalue weighted by Gasteiger charge is -2.36. The molecule has 9 nitrogen and oxygen atoms in total. The highest BCUT2D eigenvalue weighted by molar-refractivity contribution is 6.06. The van der Waals surface area contributed by atoms with E-state index in [1.165, 1.54) is 12.1 Å². The molecule has 3 N–H and O–H groups in total. The van der Waals surface area contributed by atoms with E-state index >= 15 is 0 Å². The molecule has 1 saturated heterocycles. The molecule has 1 fully saturated rings. The molecule has 5 rings (SSSR count).